The van der Waals surface area contributed by atoms with E-state index in [1.54, 1.807) is 40.9 Å². The third kappa shape index (κ3) is 3.82. The van der Waals surface area contributed by atoms with E-state index in [0.717, 1.165) is 11.1 Å². The van der Waals surface area contributed by atoms with Gasteiger partial charge < -0.3 is 0 Å². The van der Waals surface area contributed by atoms with Crippen molar-refractivity contribution in [3.05, 3.63) is 88.2 Å². The van der Waals surface area contributed by atoms with Gasteiger partial charge in [0.2, 0.25) is 5.91 Å². The number of hydrazone groups is 1. The molecule has 0 fully saturated rings. The van der Waals surface area contributed by atoms with Crippen molar-refractivity contribution >= 4 is 46.2 Å². The number of anilines is 1. The van der Waals surface area contributed by atoms with Crippen LogP contribution in [0, 0.1) is 0 Å². The van der Waals surface area contributed by atoms with E-state index in [4.69, 9.17) is 23.2 Å². The first-order valence-electron chi connectivity index (χ1n) is 10.2. The van der Waals surface area contributed by atoms with Gasteiger partial charge >= 0.3 is 6.18 Å². The summed E-state index contributed by atoms with van der Waals surface area (Å²) in [6.07, 6.45) is -2.68. The predicted molar refractivity (Wildman–Crippen MR) is 125 cm³/mol. The van der Waals surface area contributed by atoms with Crippen LogP contribution in [0.1, 0.15) is 24.1 Å². The number of hydrogen-bond donors (Lipinski definition) is 0. The van der Waals surface area contributed by atoms with Gasteiger partial charge in [-0.1, -0.05) is 53.5 Å². The van der Waals surface area contributed by atoms with Crippen LogP contribution in [0.4, 0.5) is 18.9 Å². The fourth-order valence-electron chi connectivity index (χ4n) is 3.96. The number of amides is 1. The molecule has 5 nitrogen and oxygen atoms in total. The van der Waals surface area contributed by atoms with E-state index in [9.17, 15) is 18.0 Å². The second-order valence-corrected chi connectivity index (χ2v) is 8.39. The molecule has 10 heteroatoms. The lowest BCUT2D eigenvalue weighted by molar-refractivity contribution is -0.137. The number of imidazole rings is 1. The first kappa shape index (κ1) is 22.4. The summed E-state index contributed by atoms with van der Waals surface area (Å²) in [4.78, 5) is 17.4. The van der Waals surface area contributed by atoms with Crippen LogP contribution in [0.5, 0.6) is 0 Å². The van der Waals surface area contributed by atoms with E-state index in [0.29, 0.717) is 38.4 Å². The van der Waals surface area contributed by atoms with Gasteiger partial charge in [-0.2, -0.15) is 23.3 Å². The van der Waals surface area contributed by atoms with Crippen LogP contribution < -0.4 is 5.01 Å². The van der Waals surface area contributed by atoms with Crippen LogP contribution in [-0.4, -0.2) is 21.0 Å². The molecule has 1 aliphatic heterocycles. The molecular weight excluding hydrogens is 488 g/mol. The Kier molecular flexibility index (Phi) is 5.58. The highest BCUT2D eigenvalue weighted by Crippen LogP contribution is 2.39. The van der Waals surface area contributed by atoms with E-state index in [1.165, 1.54) is 18.2 Å². The zero-order valence-electron chi connectivity index (χ0n) is 17.4. The van der Waals surface area contributed by atoms with Crippen LogP contribution in [0.25, 0.3) is 16.9 Å². The Morgan fingerprint density at radius 3 is 2.47 bits per heavy atom. The van der Waals surface area contributed by atoms with Gasteiger partial charge in [-0.25, -0.2) is 4.98 Å². The van der Waals surface area contributed by atoms with Gasteiger partial charge in [0.25, 0.3) is 0 Å². The number of carbonyl (C=O) groups is 1. The van der Waals surface area contributed by atoms with Crippen molar-refractivity contribution in [1.29, 1.82) is 0 Å². The summed E-state index contributed by atoms with van der Waals surface area (Å²) in [5, 5.41) is 5.86. The summed E-state index contributed by atoms with van der Waals surface area (Å²) in [6.45, 7) is 0. The van der Waals surface area contributed by atoms with Gasteiger partial charge in [-0.15, -0.1) is 0 Å². The Morgan fingerprint density at radius 2 is 1.68 bits per heavy atom. The number of carbonyl (C=O) groups excluding carboxylic acids is 1. The van der Waals surface area contributed by atoms with Crippen molar-refractivity contribution in [2.75, 3.05) is 5.01 Å². The summed E-state index contributed by atoms with van der Waals surface area (Å²) >= 11 is 12.7. The van der Waals surface area contributed by atoms with Gasteiger partial charge in [0, 0.05) is 24.6 Å². The maximum absolute atomic E-state index is 13.6. The van der Waals surface area contributed by atoms with E-state index >= 15 is 0 Å². The molecule has 0 spiro atoms. The normalized spacial score (nSPS) is 14.6. The number of fused-ring (bicyclic) bond motifs is 1. The van der Waals surface area contributed by atoms with Crippen LogP contribution in [0.3, 0.4) is 0 Å². The maximum atomic E-state index is 13.6. The lowest BCUT2D eigenvalue weighted by Crippen LogP contribution is -2.33. The molecule has 3 heterocycles. The van der Waals surface area contributed by atoms with Gasteiger partial charge in [0.15, 0.2) is 0 Å². The number of aromatic nitrogens is 2. The Hall–Kier alpha value is -3.36. The Bertz CT molecular complexity index is 1460. The SMILES string of the molecule is O=C1CCC(c2c(-c3cccc(Cl)c3Cl)nc3ccccn23)=NN1c1ccccc1C(F)(F)F. The van der Waals surface area contributed by atoms with Crippen LogP contribution in [0.15, 0.2) is 72.0 Å². The molecule has 0 saturated heterocycles. The van der Waals surface area contributed by atoms with E-state index in [2.05, 4.69) is 10.1 Å². The highest BCUT2D eigenvalue weighted by molar-refractivity contribution is 6.43. The highest BCUT2D eigenvalue weighted by atomic mass is 35.5. The van der Waals surface area contributed by atoms with Crippen LogP contribution in [-0.2, 0) is 11.0 Å². The Morgan fingerprint density at radius 1 is 0.912 bits per heavy atom. The smallest absolute Gasteiger partial charge is 0.298 e. The number of alkyl halides is 3. The number of halogens is 5. The van der Waals surface area contributed by atoms with Gasteiger partial charge in [-0.05, 0) is 30.3 Å². The summed E-state index contributed by atoms with van der Waals surface area (Å²) in [5.74, 6) is -0.531. The summed E-state index contributed by atoms with van der Waals surface area (Å²) in [6, 6.07) is 15.4. The van der Waals surface area contributed by atoms with Gasteiger partial charge in [0.05, 0.1) is 32.7 Å². The lowest BCUT2D eigenvalue weighted by Gasteiger charge is -2.26. The van der Waals surface area contributed by atoms with Crippen molar-refractivity contribution in [3.8, 4) is 11.3 Å². The predicted octanol–water partition coefficient (Wildman–Crippen LogP) is 6.86. The molecule has 0 bridgehead atoms. The number of benzene rings is 2. The van der Waals surface area contributed by atoms with Crippen LogP contribution >= 0.6 is 23.2 Å². The lowest BCUT2D eigenvalue weighted by atomic mass is 10.0. The topological polar surface area (TPSA) is 50.0 Å². The van der Waals surface area contributed by atoms with Crippen molar-refractivity contribution < 1.29 is 18.0 Å². The molecule has 2 aromatic carbocycles. The highest BCUT2D eigenvalue weighted by Gasteiger charge is 2.37. The minimum atomic E-state index is -4.65. The molecule has 0 radical (unpaired) electrons. The number of para-hydroxylation sites is 1. The quantitative estimate of drug-likeness (QED) is 0.307. The number of rotatable bonds is 3. The molecule has 2 aromatic heterocycles. The monoisotopic (exact) mass is 502 g/mol. The fourth-order valence-corrected chi connectivity index (χ4v) is 4.35. The number of hydrogen-bond acceptors (Lipinski definition) is 3. The molecule has 0 saturated carbocycles. The first-order valence-corrected chi connectivity index (χ1v) is 11.0. The van der Waals surface area contributed by atoms with Crippen molar-refractivity contribution in [2.45, 2.75) is 19.0 Å². The fraction of sp³-hybridized carbons (Fsp3) is 0.125. The molecule has 0 N–H and O–H groups in total. The van der Waals surface area contributed by atoms with Crippen LogP contribution in [0.2, 0.25) is 10.0 Å². The zero-order chi connectivity index (χ0) is 24.0. The standard InChI is InChI=1S/C24H15Cl2F3N4O/c25-16-8-5-6-14(21(16)26)22-23(32-13-4-3-10-19(32)30-22)17-11-12-20(34)33(31-17)18-9-2-1-7-15(18)24(27,28)29/h1-10,13H,11-12H2. The summed E-state index contributed by atoms with van der Waals surface area (Å²) in [7, 11) is 0. The van der Waals surface area contributed by atoms with E-state index in [1.807, 2.05) is 6.07 Å². The van der Waals surface area contributed by atoms with Crippen molar-refractivity contribution in [2.24, 2.45) is 5.10 Å². The molecular formula is C24H15Cl2F3N4O. The zero-order valence-corrected chi connectivity index (χ0v) is 18.9. The molecule has 1 amide bonds. The van der Waals surface area contributed by atoms with Crippen molar-refractivity contribution in [3.63, 3.8) is 0 Å². The average molecular weight is 503 g/mol. The number of pyridine rings is 1. The third-order valence-corrected chi connectivity index (χ3v) is 6.30. The largest absolute Gasteiger partial charge is 0.418 e. The van der Waals surface area contributed by atoms with Gasteiger partial charge in [0.1, 0.15) is 11.3 Å². The summed E-state index contributed by atoms with van der Waals surface area (Å²) in [5.41, 5.74) is 1.27. The van der Waals surface area contributed by atoms with Gasteiger partial charge in [-0.3, -0.25) is 9.20 Å². The Balaban J connectivity index is 1.74. The summed E-state index contributed by atoms with van der Waals surface area (Å²) < 4.78 is 42.7. The minimum Gasteiger partial charge on any atom is -0.298 e. The second-order valence-electron chi connectivity index (χ2n) is 7.61. The van der Waals surface area contributed by atoms with E-state index in [-0.39, 0.29) is 18.5 Å². The molecule has 0 atom stereocenters. The molecule has 0 aliphatic carbocycles. The molecule has 172 valence electrons. The minimum absolute atomic E-state index is 0.0200. The van der Waals surface area contributed by atoms with E-state index < -0.39 is 17.6 Å². The molecule has 4 aromatic rings. The number of nitrogens with zero attached hydrogens (tertiary/aromatic N) is 4. The first-order chi connectivity index (χ1) is 16.3. The third-order valence-electron chi connectivity index (χ3n) is 5.48. The molecule has 5 rings (SSSR count). The second kappa shape index (κ2) is 8.45. The molecule has 34 heavy (non-hydrogen) atoms. The molecule has 0 unspecified atom stereocenters. The maximum Gasteiger partial charge on any atom is 0.418 e. The average Bonchev–Trinajstić information content (AvgIpc) is 3.20. The van der Waals surface area contributed by atoms with Crippen molar-refractivity contribution in [1.82, 2.24) is 9.38 Å². The Labute approximate surface area is 202 Å². The molecule has 1 aliphatic rings.